The lowest BCUT2D eigenvalue weighted by atomic mass is 10.2. The molecular formula is C21H21FN2O3S. The summed E-state index contributed by atoms with van der Waals surface area (Å²) in [6.45, 7) is 7.47. The van der Waals surface area contributed by atoms with Gasteiger partial charge in [0.05, 0.1) is 4.90 Å². The van der Waals surface area contributed by atoms with Gasteiger partial charge in [-0.1, -0.05) is 24.3 Å². The summed E-state index contributed by atoms with van der Waals surface area (Å²) in [7, 11) is -3.69. The fourth-order valence-corrected chi connectivity index (χ4v) is 3.73. The second-order valence-corrected chi connectivity index (χ2v) is 7.74. The molecule has 0 bridgehead atoms. The number of amides is 1. The van der Waals surface area contributed by atoms with Crippen molar-refractivity contribution in [1.82, 2.24) is 4.31 Å². The van der Waals surface area contributed by atoms with Crippen LogP contribution in [0.2, 0.25) is 0 Å². The summed E-state index contributed by atoms with van der Waals surface area (Å²) in [5.74, 6) is -0.740. The van der Waals surface area contributed by atoms with Crippen LogP contribution in [-0.2, 0) is 14.8 Å². The third-order valence-corrected chi connectivity index (χ3v) is 5.57. The van der Waals surface area contributed by atoms with Crippen LogP contribution >= 0.6 is 0 Å². The molecule has 28 heavy (non-hydrogen) atoms. The molecule has 2 rings (SSSR count). The van der Waals surface area contributed by atoms with E-state index in [4.69, 9.17) is 0 Å². The molecule has 2 aromatic rings. The van der Waals surface area contributed by atoms with Crippen LogP contribution in [-0.4, -0.2) is 31.7 Å². The quantitative estimate of drug-likeness (QED) is 0.514. The van der Waals surface area contributed by atoms with Crippen LogP contribution in [0.1, 0.15) is 5.56 Å². The first-order chi connectivity index (χ1) is 13.4. The fourth-order valence-electron chi connectivity index (χ4n) is 2.35. The van der Waals surface area contributed by atoms with Crippen molar-refractivity contribution >= 4 is 27.7 Å². The number of sulfonamides is 1. The largest absolute Gasteiger partial charge is 0.323 e. The minimum absolute atomic E-state index is 0.107. The van der Waals surface area contributed by atoms with Crippen molar-refractivity contribution in [2.75, 3.05) is 18.4 Å². The number of carbonyl (C=O) groups excluding carboxylic acids is 1. The van der Waals surface area contributed by atoms with E-state index in [1.165, 1.54) is 58.9 Å². The molecule has 0 aliphatic carbocycles. The standard InChI is InChI=1S/C21H21FN2O3S/c1-3-15-24(16-4-2)28(26,27)20-12-10-19(11-13-20)23-21(25)14-7-17-5-8-18(22)9-6-17/h3-14H,1-2,15-16H2,(H,23,25)/b14-7-. The number of anilines is 1. The monoisotopic (exact) mass is 400 g/mol. The van der Waals surface area contributed by atoms with E-state index in [0.717, 1.165) is 0 Å². The van der Waals surface area contributed by atoms with Gasteiger partial charge in [0.25, 0.3) is 0 Å². The Labute approximate surface area is 164 Å². The molecule has 7 heteroatoms. The molecule has 0 unspecified atom stereocenters. The summed E-state index contributed by atoms with van der Waals surface area (Å²) in [5, 5.41) is 2.64. The van der Waals surface area contributed by atoms with Crippen LogP contribution in [0.3, 0.4) is 0 Å². The number of nitrogens with zero attached hydrogens (tertiary/aromatic N) is 1. The maximum absolute atomic E-state index is 12.9. The number of rotatable bonds is 9. The Balaban J connectivity index is 2.07. The molecule has 0 aliphatic heterocycles. The van der Waals surface area contributed by atoms with Crippen molar-refractivity contribution in [3.05, 3.63) is 91.3 Å². The first-order valence-electron chi connectivity index (χ1n) is 8.43. The Morgan fingerprint density at radius 2 is 1.57 bits per heavy atom. The molecule has 146 valence electrons. The molecule has 0 aliphatic rings. The average Bonchev–Trinajstić information content (AvgIpc) is 2.68. The zero-order valence-electron chi connectivity index (χ0n) is 15.2. The molecule has 1 N–H and O–H groups in total. The van der Waals surface area contributed by atoms with Gasteiger partial charge in [0.2, 0.25) is 15.9 Å². The SMILES string of the molecule is C=CCN(CC=C)S(=O)(=O)c1ccc(NC(=O)/C=C\c2ccc(F)cc2)cc1. The summed E-state index contributed by atoms with van der Waals surface area (Å²) in [4.78, 5) is 12.1. The van der Waals surface area contributed by atoms with E-state index in [1.54, 1.807) is 18.2 Å². The second-order valence-electron chi connectivity index (χ2n) is 5.80. The van der Waals surface area contributed by atoms with Crippen LogP contribution in [0.25, 0.3) is 6.08 Å². The van der Waals surface area contributed by atoms with Gasteiger partial charge in [0.15, 0.2) is 0 Å². The molecule has 0 heterocycles. The molecule has 0 aromatic heterocycles. The molecule has 0 radical (unpaired) electrons. The van der Waals surface area contributed by atoms with Crippen molar-refractivity contribution in [1.29, 1.82) is 0 Å². The molecule has 2 aromatic carbocycles. The van der Waals surface area contributed by atoms with Gasteiger partial charge < -0.3 is 5.32 Å². The average molecular weight is 400 g/mol. The Hall–Kier alpha value is -3.03. The summed E-state index contributed by atoms with van der Waals surface area (Å²) in [5.41, 5.74) is 1.13. The topological polar surface area (TPSA) is 66.5 Å². The van der Waals surface area contributed by atoms with Crippen molar-refractivity contribution in [2.45, 2.75) is 4.90 Å². The Bertz CT molecular complexity index is 956. The van der Waals surface area contributed by atoms with E-state index in [0.29, 0.717) is 11.3 Å². The highest BCUT2D eigenvalue weighted by molar-refractivity contribution is 7.89. The molecule has 1 amide bonds. The van der Waals surface area contributed by atoms with E-state index in [1.807, 2.05) is 0 Å². The minimum Gasteiger partial charge on any atom is -0.323 e. The summed E-state index contributed by atoms with van der Waals surface area (Å²) in [6.07, 6.45) is 5.87. The number of hydrogen-bond donors (Lipinski definition) is 1. The normalized spacial score (nSPS) is 11.5. The maximum atomic E-state index is 12.9. The van der Waals surface area contributed by atoms with Crippen molar-refractivity contribution < 1.29 is 17.6 Å². The molecule has 0 saturated heterocycles. The number of hydrogen-bond acceptors (Lipinski definition) is 3. The van der Waals surface area contributed by atoms with E-state index < -0.39 is 10.0 Å². The third-order valence-electron chi connectivity index (χ3n) is 3.72. The van der Waals surface area contributed by atoms with E-state index >= 15 is 0 Å². The highest BCUT2D eigenvalue weighted by Crippen LogP contribution is 2.18. The van der Waals surface area contributed by atoms with Crippen LogP contribution in [0.5, 0.6) is 0 Å². The van der Waals surface area contributed by atoms with Gasteiger partial charge in [-0.15, -0.1) is 13.2 Å². The summed E-state index contributed by atoms with van der Waals surface area (Å²) in [6, 6.07) is 11.6. The lowest BCUT2D eigenvalue weighted by Gasteiger charge is -2.19. The smallest absolute Gasteiger partial charge is 0.248 e. The second kappa shape index (κ2) is 9.77. The van der Waals surface area contributed by atoms with Gasteiger partial charge in [0, 0.05) is 24.9 Å². The maximum Gasteiger partial charge on any atom is 0.248 e. The Kier molecular flexibility index (Phi) is 7.43. The van der Waals surface area contributed by atoms with Crippen molar-refractivity contribution in [2.24, 2.45) is 0 Å². The number of carbonyl (C=O) groups is 1. The van der Waals surface area contributed by atoms with Crippen LogP contribution in [0, 0.1) is 5.82 Å². The number of nitrogens with one attached hydrogen (secondary N) is 1. The Morgan fingerprint density at radius 1 is 1.00 bits per heavy atom. The molecular weight excluding hydrogens is 379 g/mol. The predicted octanol–water partition coefficient (Wildman–Crippen LogP) is 3.84. The van der Waals surface area contributed by atoms with Crippen molar-refractivity contribution in [3.63, 3.8) is 0 Å². The molecule has 0 atom stereocenters. The van der Waals surface area contributed by atoms with E-state index in [-0.39, 0.29) is 29.7 Å². The highest BCUT2D eigenvalue weighted by atomic mass is 32.2. The van der Waals surface area contributed by atoms with Crippen molar-refractivity contribution in [3.8, 4) is 0 Å². The summed E-state index contributed by atoms with van der Waals surface area (Å²) < 4.78 is 39.4. The first-order valence-corrected chi connectivity index (χ1v) is 9.87. The van der Waals surface area contributed by atoms with E-state index in [9.17, 15) is 17.6 Å². The number of benzene rings is 2. The first kappa shape index (κ1) is 21.3. The third kappa shape index (κ3) is 5.73. The lowest BCUT2D eigenvalue weighted by molar-refractivity contribution is -0.111. The molecule has 5 nitrogen and oxygen atoms in total. The lowest BCUT2D eigenvalue weighted by Crippen LogP contribution is -2.31. The van der Waals surface area contributed by atoms with Gasteiger partial charge in [0.1, 0.15) is 5.82 Å². The zero-order chi connectivity index (χ0) is 20.6. The minimum atomic E-state index is -3.69. The van der Waals surface area contributed by atoms with Gasteiger partial charge >= 0.3 is 0 Å². The number of halogens is 1. The van der Waals surface area contributed by atoms with Crippen LogP contribution < -0.4 is 5.32 Å². The molecule has 0 fully saturated rings. The van der Waals surface area contributed by atoms with Crippen LogP contribution in [0.15, 0.2) is 84.8 Å². The van der Waals surface area contributed by atoms with Gasteiger partial charge in [-0.25, -0.2) is 12.8 Å². The Morgan fingerprint density at radius 3 is 2.11 bits per heavy atom. The van der Waals surface area contributed by atoms with Gasteiger partial charge in [-0.05, 0) is 48.0 Å². The summed E-state index contributed by atoms with van der Waals surface area (Å²) >= 11 is 0. The van der Waals surface area contributed by atoms with Gasteiger partial charge in [-0.3, -0.25) is 4.79 Å². The zero-order valence-corrected chi connectivity index (χ0v) is 16.0. The molecule has 0 saturated carbocycles. The highest BCUT2D eigenvalue weighted by Gasteiger charge is 2.22. The van der Waals surface area contributed by atoms with Crippen LogP contribution in [0.4, 0.5) is 10.1 Å². The fraction of sp³-hybridized carbons (Fsp3) is 0.0952. The molecule has 0 spiro atoms. The predicted molar refractivity (Wildman–Crippen MR) is 110 cm³/mol. The van der Waals surface area contributed by atoms with E-state index in [2.05, 4.69) is 18.5 Å². The van der Waals surface area contributed by atoms with Gasteiger partial charge in [-0.2, -0.15) is 4.31 Å².